The second-order valence-electron chi connectivity index (χ2n) is 6.17. The third-order valence-electron chi connectivity index (χ3n) is 4.10. The zero-order valence-electron chi connectivity index (χ0n) is 15.0. The first-order valence-electron chi connectivity index (χ1n) is 8.65. The molecule has 0 radical (unpaired) electrons. The van der Waals surface area contributed by atoms with Gasteiger partial charge in [0.1, 0.15) is 0 Å². The van der Waals surface area contributed by atoms with Gasteiger partial charge in [0.2, 0.25) is 0 Å². The third-order valence-corrected chi connectivity index (χ3v) is 4.10. The van der Waals surface area contributed by atoms with Crippen LogP contribution < -0.4 is 10.6 Å². The van der Waals surface area contributed by atoms with Gasteiger partial charge < -0.3 is 10.6 Å². The number of carbonyl (C=O) groups is 1. The van der Waals surface area contributed by atoms with Gasteiger partial charge in [0, 0.05) is 17.6 Å². The van der Waals surface area contributed by atoms with Crippen molar-refractivity contribution in [1.29, 1.82) is 0 Å². The van der Waals surface area contributed by atoms with Crippen molar-refractivity contribution in [1.82, 2.24) is 4.98 Å². The summed E-state index contributed by atoms with van der Waals surface area (Å²) in [6.07, 6.45) is -0.615. The van der Waals surface area contributed by atoms with E-state index in [4.69, 9.17) is 0 Å². The highest BCUT2D eigenvalue weighted by Gasteiger charge is 2.30. The highest BCUT2D eigenvalue weighted by atomic mass is 19.4. The van der Waals surface area contributed by atoms with Gasteiger partial charge in [-0.3, -0.25) is 9.78 Å². The van der Waals surface area contributed by atoms with Gasteiger partial charge in [-0.25, -0.2) is 0 Å². The van der Waals surface area contributed by atoms with Crippen LogP contribution in [0, 0.1) is 0 Å². The molecule has 0 unspecified atom stereocenters. The molecule has 1 amide bonds. The molecule has 2 aromatic carbocycles. The number of halogens is 3. The Labute approximate surface area is 160 Å². The number of amides is 1. The van der Waals surface area contributed by atoms with E-state index in [1.807, 2.05) is 24.3 Å². The number of pyridine rings is 1. The Kier molecular flexibility index (Phi) is 5.63. The highest BCUT2D eigenvalue weighted by molar-refractivity contribution is 6.04. The minimum Gasteiger partial charge on any atom is -0.354 e. The van der Waals surface area contributed by atoms with E-state index in [1.165, 1.54) is 23.9 Å². The van der Waals surface area contributed by atoms with E-state index in [0.29, 0.717) is 5.69 Å². The smallest absolute Gasteiger partial charge is 0.354 e. The number of carbonyl (C=O) groups excluding carboxylic acids is 1. The Morgan fingerprint density at radius 3 is 2.39 bits per heavy atom. The average molecular weight is 385 g/mol. The summed E-state index contributed by atoms with van der Waals surface area (Å²) in [5.41, 5.74) is 2.11. The van der Waals surface area contributed by atoms with Crippen molar-refractivity contribution in [2.45, 2.75) is 19.5 Å². The molecule has 0 aliphatic carbocycles. The minimum absolute atomic E-state index is 0.0633. The zero-order valence-corrected chi connectivity index (χ0v) is 15.0. The molecule has 1 aromatic heterocycles. The van der Waals surface area contributed by atoms with Crippen molar-refractivity contribution in [2.24, 2.45) is 0 Å². The van der Waals surface area contributed by atoms with E-state index in [1.54, 1.807) is 12.3 Å². The van der Waals surface area contributed by atoms with Crippen molar-refractivity contribution in [3.8, 4) is 0 Å². The lowest BCUT2D eigenvalue weighted by Crippen LogP contribution is -2.13. The number of nitrogens with one attached hydrogen (secondary N) is 2. The van der Waals surface area contributed by atoms with Crippen LogP contribution >= 0.6 is 0 Å². The fourth-order valence-corrected chi connectivity index (χ4v) is 2.60. The second-order valence-corrected chi connectivity index (χ2v) is 6.17. The summed E-state index contributed by atoms with van der Waals surface area (Å²) in [7, 11) is 0. The van der Waals surface area contributed by atoms with Gasteiger partial charge in [-0.1, -0.05) is 25.1 Å². The normalized spacial score (nSPS) is 11.1. The largest absolute Gasteiger partial charge is 0.416 e. The van der Waals surface area contributed by atoms with E-state index >= 15 is 0 Å². The minimum atomic E-state index is -4.47. The summed E-state index contributed by atoms with van der Waals surface area (Å²) >= 11 is 0. The molecule has 0 atom stereocenters. The Balaban J connectivity index is 1.73. The van der Waals surface area contributed by atoms with Crippen molar-refractivity contribution in [3.63, 3.8) is 0 Å². The maximum atomic E-state index is 12.8. The maximum absolute atomic E-state index is 12.8. The van der Waals surface area contributed by atoms with Crippen molar-refractivity contribution >= 4 is 23.0 Å². The van der Waals surface area contributed by atoms with Crippen LogP contribution in [0.5, 0.6) is 0 Å². The number of aryl methyl sites for hydroxylation is 1. The first-order valence-corrected chi connectivity index (χ1v) is 8.65. The van der Waals surface area contributed by atoms with Crippen LogP contribution in [0.2, 0.25) is 0 Å². The van der Waals surface area contributed by atoms with E-state index in [0.717, 1.165) is 24.2 Å². The van der Waals surface area contributed by atoms with Crippen molar-refractivity contribution in [3.05, 3.63) is 83.7 Å². The number of hydrogen-bond acceptors (Lipinski definition) is 3. The molecular weight excluding hydrogens is 367 g/mol. The monoisotopic (exact) mass is 385 g/mol. The number of rotatable bonds is 5. The van der Waals surface area contributed by atoms with E-state index in [9.17, 15) is 18.0 Å². The van der Waals surface area contributed by atoms with Gasteiger partial charge in [0.05, 0.1) is 23.0 Å². The van der Waals surface area contributed by atoms with E-state index < -0.39 is 17.6 Å². The standard InChI is InChI=1S/C21H18F3N3O/c1-2-14-6-8-17(9-7-14)26-19-10-15(12-25-13-19)20(28)27-18-5-3-4-16(11-18)21(22,23)24/h3-13,26H,2H2,1H3,(H,27,28). The summed E-state index contributed by atoms with van der Waals surface area (Å²) in [5, 5.41) is 5.62. The summed E-state index contributed by atoms with van der Waals surface area (Å²) in [6.45, 7) is 2.07. The Morgan fingerprint density at radius 1 is 0.964 bits per heavy atom. The zero-order chi connectivity index (χ0) is 20.1. The quantitative estimate of drug-likeness (QED) is 0.596. The highest BCUT2D eigenvalue weighted by Crippen LogP contribution is 2.30. The lowest BCUT2D eigenvalue weighted by molar-refractivity contribution is -0.137. The fraction of sp³-hybridized carbons (Fsp3) is 0.143. The molecule has 28 heavy (non-hydrogen) atoms. The first kappa shape index (κ1) is 19.4. The molecule has 3 aromatic rings. The molecule has 7 heteroatoms. The molecule has 1 heterocycles. The number of benzene rings is 2. The van der Waals surface area contributed by atoms with Crippen LogP contribution in [0.3, 0.4) is 0 Å². The van der Waals surface area contributed by atoms with Gasteiger partial charge in [0.25, 0.3) is 5.91 Å². The van der Waals surface area contributed by atoms with Gasteiger partial charge in [0.15, 0.2) is 0 Å². The van der Waals surface area contributed by atoms with Crippen molar-refractivity contribution in [2.75, 3.05) is 10.6 Å². The molecule has 0 bridgehead atoms. The van der Waals surface area contributed by atoms with Crippen LogP contribution in [-0.2, 0) is 12.6 Å². The van der Waals surface area contributed by atoms with Crippen LogP contribution in [0.4, 0.5) is 30.2 Å². The summed E-state index contributed by atoms with van der Waals surface area (Å²) in [6, 6.07) is 13.9. The van der Waals surface area contributed by atoms with Gasteiger partial charge in [-0.2, -0.15) is 13.2 Å². The number of aromatic nitrogens is 1. The number of alkyl halides is 3. The summed E-state index contributed by atoms with van der Waals surface area (Å²) in [5.74, 6) is -0.545. The van der Waals surface area contributed by atoms with Crippen LogP contribution in [0.1, 0.15) is 28.4 Å². The maximum Gasteiger partial charge on any atom is 0.416 e. The molecule has 4 nitrogen and oxygen atoms in total. The van der Waals surface area contributed by atoms with Crippen LogP contribution in [0.25, 0.3) is 0 Å². The molecule has 0 spiro atoms. The molecule has 0 aliphatic rings. The number of anilines is 3. The molecule has 0 saturated heterocycles. The van der Waals surface area contributed by atoms with Gasteiger partial charge in [-0.15, -0.1) is 0 Å². The predicted molar refractivity (Wildman–Crippen MR) is 103 cm³/mol. The molecule has 144 valence electrons. The summed E-state index contributed by atoms with van der Waals surface area (Å²) in [4.78, 5) is 16.4. The van der Waals surface area contributed by atoms with Gasteiger partial charge in [-0.05, 0) is 48.4 Å². The van der Waals surface area contributed by atoms with Crippen LogP contribution in [0.15, 0.2) is 67.0 Å². The van der Waals surface area contributed by atoms with Crippen LogP contribution in [-0.4, -0.2) is 10.9 Å². The Bertz CT molecular complexity index is 969. The average Bonchev–Trinajstić information content (AvgIpc) is 2.68. The van der Waals surface area contributed by atoms with E-state index in [2.05, 4.69) is 22.5 Å². The Hall–Kier alpha value is -3.35. The topological polar surface area (TPSA) is 54.0 Å². The molecule has 0 saturated carbocycles. The predicted octanol–water partition coefficient (Wildman–Crippen LogP) is 5.66. The first-order chi connectivity index (χ1) is 13.3. The lowest BCUT2D eigenvalue weighted by atomic mass is 10.1. The lowest BCUT2D eigenvalue weighted by Gasteiger charge is -2.11. The fourth-order valence-electron chi connectivity index (χ4n) is 2.60. The number of hydrogen-bond donors (Lipinski definition) is 2. The van der Waals surface area contributed by atoms with E-state index in [-0.39, 0.29) is 11.3 Å². The Morgan fingerprint density at radius 2 is 1.71 bits per heavy atom. The molecular formula is C21H18F3N3O. The number of nitrogens with zero attached hydrogens (tertiary/aromatic N) is 1. The molecule has 2 N–H and O–H groups in total. The van der Waals surface area contributed by atoms with Crippen molar-refractivity contribution < 1.29 is 18.0 Å². The summed E-state index contributed by atoms with van der Waals surface area (Å²) < 4.78 is 38.4. The molecule has 0 fully saturated rings. The molecule has 3 rings (SSSR count). The second kappa shape index (κ2) is 8.12. The molecule has 0 aliphatic heterocycles. The SMILES string of the molecule is CCc1ccc(Nc2cncc(C(=O)Nc3cccc(C(F)(F)F)c3)c2)cc1. The van der Waals surface area contributed by atoms with Gasteiger partial charge >= 0.3 is 6.18 Å². The third kappa shape index (κ3) is 4.88.